The highest BCUT2D eigenvalue weighted by atomic mass is 16.5. The van der Waals surface area contributed by atoms with Gasteiger partial charge in [-0.3, -0.25) is 9.36 Å². The summed E-state index contributed by atoms with van der Waals surface area (Å²) in [5.41, 5.74) is 6.87. The number of ether oxygens (including phenoxy) is 1. The Labute approximate surface area is 186 Å². The molecule has 2 aromatic heterocycles. The van der Waals surface area contributed by atoms with Crippen LogP contribution in [0.1, 0.15) is 22.3 Å². The Morgan fingerprint density at radius 1 is 0.875 bits per heavy atom. The second-order valence-electron chi connectivity index (χ2n) is 8.32. The van der Waals surface area contributed by atoms with Crippen LogP contribution in [0.2, 0.25) is 0 Å². The van der Waals surface area contributed by atoms with E-state index in [4.69, 9.17) is 9.72 Å². The van der Waals surface area contributed by atoms with E-state index in [-0.39, 0.29) is 5.56 Å². The summed E-state index contributed by atoms with van der Waals surface area (Å²) < 4.78 is 9.12. The molecule has 0 bridgehead atoms. The molecule has 5 heteroatoms. The fourth-order valence-corrected chi connectivity index (χ4v) is 4.35. The highest BCUT2D eigenvalue weighted by molar-refractivity contribution is 6.05. The maximum atomic E-state index is 13.7. The minimum absolute atomic E-state index is 0.0423. The van der Waals surface area contributed by atoms with Gasteiger partial charge in [-0.05, 0) is 49.2 Å². The van der Waals surface area contributed by atoms with Gasteiger partial charge in [-0.15, -0.1) is 0 Å². The smallest absolute Gasteiger partial charge is 0.278 e. The van der Waals surface area contributed by atoms with Gasteiger partial charge in [-0.2, -0.15) is 0 Å². The van der Waals surface area contributed by atoms with Crippen LogP contribution >= 0.6 is 0 Å². The van der Waals surface area contributed by atoms with E-state index >= 15 is 0 Å². The van der Waals surface area contributed by atoms with Crippen molar-refractivity contribution in [1.82, 2.24) is 14.1 Å². The van der Waals surface area contributed by atoms with Gasteiger partial charge in [0.15, 0.2) is 0 Å². The fraction of sp³-hybridized carbons (Fsp3) is 0.185. The second-order valence-corrected chi connectivity index (χ2v) is 8.32. The van der Waals surface area contributed by atoms with Crippen molar-refractivity contribution in [2.45, 2.75) is 26.9 Å². The van der Waals surface area contributed by atoms with Crippen LogP contribution in [0.25, 0.3) is 21.9 Å². The molecule has 0 saturated carbocycles. The molecular weight excluding hydrogens is 398 g/mol. The first-order valence-corrected chi connectivity index (χ1v) is 10.7. The number of benzene rings is 3. The third-order valence-corrected chi connectivity index (χ3v) is 5.89. The summed E-state index contributed by atoms with van der Waals surface area (Å²) in [5, 5.41) is 1.01. The van der Waals surface area contributed by atoms with Crippen LogP contribution in [0.3, 0.4) is 0 Å². The quantitative estimate of drug-likeness (QED) is 0.396. The Kier molecular flexibility index (Phi) is 5.02. The number of methoxy groups -OCH3 is 1. The molecule has 2 heterocycles. The fourth-order valence-electron chi connectivity index (χ4n) is 4.35. The van der Waals surface area contributed by atoms with Crippen LogP contribution in [-0.2, 0) is 13.1 Å². The van der Waals surface area contributed by atoms with Crippen molar-refractivity contribution < 1.29 is 4.74 Å². The van der Waals surface area contributed by atoms with Crippen molar-refractivity contribution in [3.63, 3.8) is 0 Å². The predicted octanol–water partition coefficient (Wildman–Crippen LogP) is 5.07. The standard InChI is InChI=1S/C27H25N3O2/c1-18-6-4-7-20(12-18)16-30-24-11-10-19(2)13-23(24)25-26(30)27(31)29(17-28-25)15-21-8-5-9-22(14-21)32-3/h4-14,17H,15-16H2,1-3H3. The highest BCUT2D eigenvalue weighted by Gasteiger charge is 2.17. The molecule has 0 saturated heterocycles. The van der Waals surface area contributed by atoms with E-state index < -0.39 is 0 Å². The molecule has 0 fully saturated rings. The zero-order valence-electron chi connectivity index (χ0n) is 18.5. The summed E-state index contributed by atoms with van der Waals surface area (Å²) in [7, 11) is 1.64. The number of aryl methyl sites for hydroxylation is 2. The SMILES string of the molecule is COc1cccc(Cn2cnc3c4cc(C)ccc4n(Cc4cccc(C)c4)c3c2=O)c1. The van der Waals surface area contributed by atoms with E-state index in [1.165, 1.54) is 5.56 Å². The minimum Gasteiger partial charge on any atom is -0.497 e. The van der Waals surface area contributed by atoms with Gasteiger partial charge in [-0.1, -0.05) is 53.6 Å². The van der Waals surface area contributed by atoms with E-state index in [9.17, 15) is 4.79 Å². The van der Waals surface area contributed by atoms with Crippen LogP contribution in [0.15, 0.2) is 77.9 Å². The number of aromatic nitrogens is 3. The van der Waals surface area contributed by atoms with E-state index in [0.29, 0.717) is 18.6 Å². The van der Waals surface area contributed by atoms with Gasteiger partial charge in [0.1, 0.15) is 16.8 Å². The zero-order valence-corrected chi connectivity index (χ0v) is 18.5. The van der Waals surface area contributed by atoms with E-state index in [1.807, 2.05) is 24.3 Å². The van der Waals surface area contributed by atoms with E-state index in [2.05, 4.69) is 60.9 Å². The molecule has 5 aromatic rings. The van der Waals surface area contributed by atoms with Crippen molar-refractivity contribution >= 4 is 21.9 Å². The molecule has 0 spiro atoms. The minimum atomic E-state index is -0.0423. The summed E-state index contributed by atoms with van der Waals surface area (Å²) in [4.78, 5) is 18.4. The molecule has 5 nitrogen and oxygen atoms in total. The van der Waals surface area contributed by atoms with Gasteiger partial charge in [-0.25, -0.2) is 4.98 Å². The van der Waals surface area contributed by atoms with Crippen LogP contribution in [0.4, 0.5) is 0 Å². The Morgan fingerprint density at radius 2 is 1.62 bits per heavy atom. The lowest BCUT2D eigenvalue weighted by Crippen LogP contribution is -2.23. The van der Waals surface area contributed by atoms with Gasteiger partial charge < -0.3 is 9.30 Å². The number of hydrogen-bond acceptors (Lipinski definition) is 3. The molecule has 0 aliphatic carbocycles. The Morgan fingerprint density at radius 3 is 2.41 bits per heavy atom. The third-order valence-electron chi connectivity index (χ3n) is 5.89. The third kappa shape index (κ3) is 3.56. The molecule has 0 amide bonds. The molecule has 5 rings (SSSR count). The van der Waals surface area contributed by atoms with Gasteiger partial charge >= 0.3 is 0 Å². The lowest BCUT2D eigenvalue weighted by Gasteiger charge is -2.10. The molecule has 0 N–H and O–H groups in total. The average molecular weight is 424 g/mol. The zero-order chi connectivity index (χ0) is 22.2. The van der Waals surface area contributed by atoms with Crippen LogP contribution in [-0.4, -0.2) is 21.2 Å². The summed E-state index contributed by atoms with van der Waals surface area (Å²) in [6.45, 7) is 5.20. The molecule has 160 valence electrons. The molecule has 0 aliphatic heterocycles. The van der Waals surface area contributed by atoms with Crippen molar-refractivity contribution in [1.29, 1.82) is 0 Å². The monoisotopic (exact) mass is 423 g/mol. The van der Waals surface area contributed by atoms with Gasteiger partial charge in [0.05, 0.1) is 25.5 Å². The Bertz CT molecular complexity index is 1510. The van der Waals surface area contributed by atoms with Crippen molar-refractivity contribution in [2.24, 2.45) is 0 Å². The highest BCUT2D eigenvalue weighted by Crippen LogP contribution is 2.27. The molecule has 3 aromatic carbocycles. The van der Waals surface area contributed by atoms with Crippen LogP contribution < -0.4 is 10.3 Å². The Hall–Kier alpha value is -3.86. The predicted molar refractivity (Wildman–Crippen MR) is 129 cm³/mol. The van der Waals surface area contributed by atoms with Crippen molar-refractivity contribution in [2.75, 3.05) is 7.11 Å². The maximum absolute atomic E-state index is 13.7. The molecule has 0 radical (unpaired) electrons. The number of fused-ring (bicyclic) bond motifs is 3. The number of rotatable bonds is 5. The van der Waals surface area contributed by atoms with E-state index in [1.54, 1.807) is 18.0 Å². The normalized spacial score (nSPS) is 11.3. The Balaban J connectivity index is 1.70. The van der Waals surface area contributed by atoms with Crippen LogP contribution in [0, 0.1) is 13.8 Å². The molecule has 32 heavy (non-hydrogen) atoms. The largest absolute Gasteiger partial charge is 0.497 e. The molecule has 0 aliphatic rings. The summed E-state index contributed by atoms with van der Waals surface area (Å²) in [6.07, 6.45) is 1.66. The molecule has 0 atom stereocenters. The van der Waals surface area contributed by atoms with E-state index in [0.717, 1.165) is 38.9 Å². The summed E-state index contributed by atoms with van der Waals surface area (Å²) >= 11 is 0. The van der Waals surface area contributed by atoms with Crippen molar-refractivity contribution in [3.8, 4) is 5.75 Å². The topological polar surface area (TPSA) is 49.0 Å². The molecule has 0 unspecified atom stereocenters. The number of hydrogen-bond donors (Lipinski definition) is 0. The van der Waals surface area contributed by atoms with Gasteiger partial charge in [0, 0.05) is 11.9 Å². The first-order valence-electron chi connectivity index (χ1n) is 10.7. The lowest BCUT2D eigenvalue weighted by atomic mass is 10.1. The molecular formula is C27H25N3O2. The van der Waals surface area contributed by atoms with Crippen LogP contribution in [0.5, 0.6) is 5.75 Å². The first-order chi connectivity index (χ1) is 15.5. The van der Waals surface area contributed by atoms with Gasteiger partial charge in [0.25, 0.3) is 5.56 Å². The first kappa shape index (κ1) is 20.1. The lowest BCUT2D eigenvalue weighted by molar-refractivity contribution is 0.414. The van der Waals surface area contributed by atoms with Gasteiger partial charge in [0.2, 0.25) is 0 Å². The average Bonchev–Trinajstić information content (AvgIpc) is 3.09. The van der Waals surface area contributed by atoms with Crippen molar-refractivity contribution in [3.05, 3.63) is 106 Å². The number of nitrogens with zero attached hydrogens (tertiary/aromatic N) is 3. The summed E-state index contributed by atoms with van der Waals surface area (Å²) in [6, 6.07) is 22.5. The summed E-state index contributed by atoms with van der Waals surface area (Å²) in [5.74, 6) is 0.772. The second kappa shape index (κ2) is 8.00. The maximum Gasteiger partial charge on any atom is 0.278 e.